The number of carbonyl (C=O) groups excluding carboxylic acids is 1. The van der Waals surface area contributed by atoms with Gasteiger partial charge in [0.25, 0.3) is 10.0 Å². The number of ketones is 1. The van der Waals surface area contributed by atoms with Crippen molar-refractivity contribution in [1.29, 1.82) is 5.26 Å². The van der Waals surface area contributed by atoms with Crippen LogP contribution < -0.4 is 5.73 Å². The van der Waals surface area contributed by atoms with Crippen molar-refractivity contribution < 1.29 is 13.2 Å². The molecule has 6 nitrogen and oxygen atoms in total. The van der Waals surface area contributed by atoms with Crippen molar-refractivity contribution in [3.63, 3.8) is 0 Å². The number of aryl methyl sites for hydroxylation is 1. The first-order chi connectivity index (χ1) is 12.8. The van der Waals surface area contributed by atoms with Crippen molar-refractivity contribution >= 4 is 31.7 Å². The number of rotatable bonds is 4. The summed E-state index contributed by atoms with van der Waals surface area (Å²) in [5.74, 6) is -1.48. The fraction of sp³-hybridized carbons (Fsp3) is 0.158. The zero-order chi connectivity index (χ0) is 19.8. The predicted molar refractivity (Wildman–Crippen MR) is 104 cm³/mol. The molecule has 0 saturated heterocycles. The molecule has 1 aliphatic rings. The summed E-state index contributed by atoms with van der Waals surface area (Å²) < 4.78 is 27.9. The maximum atomic E-state index is 13.1. The van der Waals surface area contributed by atoms with Gasteiger partial charge in [0.05, 0.1) is 29.0 Å². The number of nitrogens with two attached hydrogens (primary N) is 1. The van der Waals surface area contributed by atoms with Gasteiger partial charge < -0.3 is 5.73 Å². The lowest BCUT2D eigenvalue weighted by Gasteiger charge is -2.21. The number of nitrogens with zero attached hydrogens (tertiary/aromatic N) is 2. The van der Waals surface area contributed by atoms with Crippen molar-refractivity contribution in [2.45, 2.75) is 11.8 Å². The van der Waals surface area contributed by atoms with Gasteiger partial charge in [-0.1, -0.05) is 46.3 Å². The summed E-state index contributed by atoms with van der Waals surface area (Å²) >= 11 is 3.30. The van der Waals surface area contributed by atoms with Gasteiger partial charge in [0, 0.05) is 10.0 Å². The summed E-state index contributed by atoms with van der Waals surface area (Å²) in [6.45, 7) is 1.48. The first-order valence-corrected chi connectivity index (χ1v) is 10.3. The van der Waals surface area contributed by atoms with Gasteiger partial charge in [0.2, 0.25) is 0 Å². The van der Waals surface area contributed by atoms with E-state index < -0.39 is 15.9 Å². The molecule has 138 valence electrons. The van der Waals surface area contributed by atoms with Crippen LogP contribution in [0.3, 0.4) is 0 Å². The molecule has 3 rings (SSSR count). The third-order valence-corrected chi connectivity index (χ3v) is 6.94. The van der Waals surface area contributed by atoms with Gasteiger partial charge in [0.15, 0.2) is 5.78 Å². The average Bonchev–Trinajstić information content (AvgIpc) is 2.99. The highest BCUT2D eigenvalue weighted by molar-refractivity contribution is 9.10. The summed E-state index contributed by atoms with van der Waals surface area (Å²) in [5, 5.41) is 9.49. The predicted octanol–water partition coefficient (Wildman–Crippen LogP) is 2.95. The molecule has 2 aromatic carbocycles. The SMILES string of the molecule is Cc1ccccc1S(=O)(=O)N1CC(C(=O)c2ccc(Br)cc2)C(C#N)=C1N. The second-order valence-corrected chi connectivity index (χ2v) is 8.88. The first-order valence-electron chi connectivity index (χ1n) is 8.05. The van der Waals surface area contributed by atoms with Crippen LogP contribution in [0.25, 0.3) is 0 Å². The lowest BCUT2D eigenvalue weighted by Crippen LogP contribution is -2.34. The minimum atomic E-state index is -3.98. The molecule has 27 heavy (non-hydrogen) atoms. The number of hydrogen-bond donors (Lipinski definition) is 1. The Morgan fingerprint density at radius 1 is 1.22 bits per heavy atom. The molecule has 1 heterocycles. The van der Waals surface area contributed by atoms with Crippen LogP contribution in [0.4, 0.5) is 0 Å². The fourth-order valence-corrected chi connectivity index (χ4v) is 4.95. The van der Waals surface area contributed by atoms with Crippen molar-refractivity contribution in [1.82, 2.24) is 4.31 Å². The Morgan fingerprint density at radius 3 is 2.44 bits per heavy atom. The van der Waals surface area contributed by atoms with E-state index in [2.05, 4.69) is 15.9 Å². The molecule has 0 fully saturated rings. The lowest BCUT2D eigenvalue weighted by atomic mass is 9.93. The first kappa shape index (κ1) is 19.1. The van der Waals surface area contributed by atoms with Crippen LogP contribution in [-0.2, 0) is 10.0 Å². The second-order valence-electron chi connectivity index (χ2n) is 6.14. The van der Waals surface area contributed by atoms with E-state index in [4.69, 9.17) is 5.73 Å². The highest BCUT2D eigenvalue weighted by Gasteiger charge is 2.41. The van der Waals surface area contributed by atoms with E-state index in [1.165, 1.54) is 6.07 Å². The minimum Gasteiger partial charge on any atom is -0.384 e. The number of sulfonamides is 1. The number of benzene rings is 2. The molecule has 2 N–H and O–H groups in total. The topological polar surface area (TPSA) is 104 Å². The third-order valence-electron chi connectivity index (χ3n) is 4.47. The number of hydrogen-bond acceptors (Lipinski definition) is 5. The Balaban J connectivity index is 2.01. The molecule has 0 amide bonds. The molecule has 2 aromatic rings. The third kappa shape index (κ3) is 3.36. The van der Waals surface area contributed by atoms with Gasteiger partial charge in [-0.3, -0.25) is 4.79 Å². The average molecular weight is 446 g/mol. The summed E-state index contributed by atoms with van der Waals surface area (Å²) in [7, 11) is -3.98. The van der Waals surface area contributed by atoms with Crippen LogP contribution in [0.2, 0.25) is 0 Å². The number of carbonyl (C=O) groups is 1. The van der Waals surface area contributed by atoms with E-state index in [0.29, 0.717) is 11.1 Å². The number of Topliss-reactive ketones (excluding diaryl/α,β-unsaturated/α-hetero) is 1. The standard InChI is InChI=1S/C19H16BrN3O3S/c1-12-4-2-3-5-17(12)27(25,26)23-11-16(15(10-21)19(23)22)18(24)13-6-8-14(20)9-7-13/h2-9,16H,11,22H2,1H3. The second kappa shape index (κ2) is 7.18. The molecule has 0 aromatic heterocycles. The molecule has 1 aliphatic heterocycles. The summed E-state index contributed by atoms with van der Waals surface area (Å²) in [6, 6.07) is 15.1. The molecule has 1 atom stereocenters. The van der Waals surface area contributed by atoms with Crippen LogP contribution in [0.1, 0.15) is 15.9 Å². The zero-order valence-electron chi connectivity index (χ0n) is 14.4. The van der Waals surface area contributed by atoms with Gasteiger partial charge in [-0.2, -0.15) is 5.26 Å². The van der Waals surface area contributed by atoms with Gasteiger partial charge in [-0.05, 0) is 30.7 Å². The highest BCUT2D eigenvalue weighted by Crippen LogP contribution is 2.33. The Kier molecular flexibility index (Phi) is 5.09. The van der Waals surface area contributed by atoms with Crippen LogP contribution in [0, 0.1) is 24.2 Å². The van der Waals surface area contributed by atoms with E-state index in [9.17, 15) is 18.5 Å². The van der Waals surface area contributed by atoms with E-state index in [1.54, 1.807) is 49.4 Å². The molecular weight excluding hydrogens is 430 g/mol. The van der Waals surface area contributed by atoms with E-state index >= 15 is 0 Å². The van der Waals surface area contributed by atoms with Crippen molar-refractivity contribution in [2.75, 3.05) is 6.54 Å². The molecular formula is C19H16BrN3O3S. The van der Waals surface area contributed by atoms with Gasteiger partial charge in [0.1, 0.15) is 5.82 Å². The molecule has 0 aliphatic carbocycles. The van der Waals surface area contributed by atoms with Crippen molar-refractivity contribution in [2.24, 2.45) is 11.7 Å². The summed E-state index contributed by atoms with van der Waals surface area (Å²) in [4.78, 5) is 13.0. The molecule has 0 spiro atoms. The Morgan fingerprint density at radius 2 is 1.85 bits per heavy atom. The van der Waals surface area contributed by atoms with Crippen LogP contribution in [0.15, 0.2) is 69.3 Å². The van der Waals surface area contributed by atoms with Crippen LogP contribution in [0.5, 0.6) is 0 Å². The fourth-order valence-electron chi connectivity index (χ4n) is 3.03. The molecule has 0 bridgehead atoms. The van der Waals surface area contributed by atoms with E-state index in [0.717, 1.165) is 8.78 Å². The van der Waals surface area contributed by atoms with Gasteiger partial charge >= 0.3 is 0 Å². The number of nitriles is 1. The molecule has 0 saturated carbocycles. The number of halogens is 1. The van der Waals surface area contributed by atoms with Gasteiger partial charge in [-0.15, -0.1) is 0 Å². The van der Waals surface area contributed by atoms with Crippen LogP contribution >= 0.6 is 15.9 Å². The Bertz CT molecular complexity index is 1090. The minimum absolute atomic E-state index is 0.0277. The monoisotopic (exact) mass is 445 g/mol. The smallest absolute Gasteiger partial charge is 0.265 e. The summed E-state index contributed by atoms with van der Waals surface area (Å²) in [5.41, 5.74) is 6.90. The van der Waals surface area contributed by atoms with E-state index in [-0.39, 0.29) is 28.6 Å². The van der Waals surface area contributed by atoms with Crippen molar-refractivity contribution in [3.8, 4) is 6.07 Å². The van der Waals surface area contributed by atoms with E-state index in [1.807, 2.05) is 6.07 Å². The van der Waals surface area contributed by atoms with Crippen LogP contribution in [-0.4, -0.2) is 25.1 Å². The Labute approximate surface area is 166 Å². The molecule has 0 radical (unpaired) electrons. The molecule has 8 heteroatoms. The highest BCUT2D eigenvalue weighted by atomic mass is 79.9. The zero-order valence-corrected chi connectivity index (χ0v) is 16.8. The Hall–Kier alpha value is -2.63. The normalized spacial score (nSPS) is 17.1. The lowest BCUT2D eigenvalue weighted by molar-refractivity contribution is 0.0942. The van der Waals surface area contributed by atoms with Crippen molar-refractivity contribution in [3.05, 3.63) is 75.5 Å². The largest absolute Gasteiger partial charge is 0.384 e. The van der Waals surface area contributed by atoms with Gasteiger partial charge in [-0.25, -0.2) is 12.7 Å². The maximum absolute atomic E-state index is 13.1. The maximum Gasteiger partial charge on any atom is 0.265 e. The quantitative estimate of drug-likeness (QED) is 0.728. The molecule has 1 unspecified atom stereocenters. The summed E-state index contributed by atoms with van der Waals surface area (Å²) in [6.07, 6.45) is 0.